The zero-order valence-electron chi connectivity index (χ0n) is 68.0. The SMILES string of the molecule is CC[C@H](NC(=O)[C@H](CC1CCCCC1)NC(=O)c1ccc(CCNC(=O)CCCN(C)c2ccc(N=Nc3ccc4nc5ccc(N(CC)CC)cc5[n+](-c5ccccc5)c4c3)cc2)cc1)C(=O)NCCNC(=O)CCCCCN1\C(=C/C=C/C=C/C2=[N+](CC)c3ccc(S(=O)(=O)[O-])cc3C2(C)C)C(C)(C)c2cc(S(=O)(=O)[O-])ccc21. The predicted octanol–water partition coefficient (Wildman–Crippen LogP) is 14.0. The van der Waals surface area contributed by atoms with Gasteiger partial charge in [-0.05, 0) is 187 Å². The molecule has 26 heteroatoms. The summed E-state index contributed by atoms with van der Waals surface area (Å²) in [5, 5.41) is 23.9. The standard InChI is InChI=1S/C90H109N13O11S2/c1-10-74(87(107)93-54-53-92-84(104)33-24-17-25-56-102-79-50-46-71(116(112,113)114)61-73(79)90(7,8)83(102)32-23-16-22-31-82-89(5,6)72-60-70(115(109,110)111)45-49-78(72)101(82)13-4)95-88(108)77(57-63-27-18-14-19-28-63)96-86(106)64-37-35-62(36-38-64)51-52-91-85(105)34-26-55-99(9)67-42-39-65(40-43-67)97-98-66-41-47-75-80(58-66)103(68-29-20-15-21-30-68)81-59-69(100(11-2)12-3)44-48-76(81)94-75/h15-16,20-23,29-32,35-50,58-61,63,74,77H,10-14,17-19,24-28,33-34,51-57H2,1-9H3,(H5-2,91,92,93,95,96,104,105,106,107,108,109,110,111,112,113,114)/t74-,77-/m0/s1. The maximum absolute atomic E-state index is 14.1. The molecule has 3 heterocycles. The van der Waals surface area contributed by atoms with Gasteiger partial charge in [-0.3, -0.25) is 24.0 Å². The first kappa shape index (κ1) is 86.1. The molecule has 2 atom stereocenters. The van der Waals surface area contributed by atoms with Crippen molar-refractivity contribution in [1.82, 2.24) is 31.6 Å². The van der Waals surface area contributed by atoms with E-state index in [4.69, 9.17) is 4.98 Å². The lowest BCUT2D eigenvalue weighted by atomic mass is 9.81. The van der Waals surface area contributed by atoms with Crippen molar-refractivity contribution in [3.8, 4) is 5.69 Å². The summed E-state index contributed by atoms with van der Waals surface area (Å²) in [5.41, 5.74) is 13.0. The molecule has 1 aromatic heterocycles. The zero-order chi connectivity index (χ0) is 82.9. The average Bonchev–Trinajstić information content (AvgIpc) is 1.55. The highest BCUT2D eigenvalue weighted by molar-refractivity contribution is 7.86. The number of hydrogen-bond donors (Lipinski definition) is 5. The maximum Gasteiger partial charge on any atom is 0.251 e. The average molecular weight is 1610 g/mol. The molecule has 0 saturated heterocycles. The Morgan fingerprint density at radius 2 is 1.25 bits per heavy atom. The first-order valence-electron chi connectivity index (χ1n) is 40.6. The van der Waals surface area contributed by atoms with Gasteiger partial charge in [-0.15, -0.1) is 4.57 Å². The van der Waals surface area contributed by atoms with Gasteiger partial charge in [-0.25, -0.2) is 21.8 Å². The Morgan fingerprint density at radius 3 is 1.93 bits per heavy atom. The third kappa shape index (κ3) is 21.3. The Bertz CT molecular complexity index is 5290. The molecule has 5 amide bonds. The molecular weight excluding hydrogens is 1500 g/mol. The van der Waals surface area contributed by atoms with E-state index in [1.807, 2.05) is 145 Å². The quantitative estimate of drug-likeness (QED) is 0.00603. The number of allylic oxidation sites excluding steroid dienone is 6. The van der Waals surface area contributed by atoms with Crippen LogP contribution in [0.2, 0.25) is 0 Å². The molecule has 0 bridgehead atoms. The van der Waals surface area contributed by atoms with Gasteiger partial charge in [-0.1, -0.05) is 108 Å². The second kappa shape index (κ2) is 38.8. The minimum Gasteiger partial charge on any atom is -0.744 e. The molecular formula is C90H109N13O11S2. The molecule has 0 radical (unpaired) electrons. The van der Waals surface area contributed by atoms with E-state index in [9.17, 15) is 49.9 Å². The third-order valence-corrected chi connectivity index (χ3v) is 24.2. The summed E-state index contributed by atoms with van der Waals surface area (Å²) in [6.45, 7) is 20.3. The van der Waals surface area contributed by atoms with E-state index in [-0.39, 0.29) is 53.5 Å². The summed E-state index contributed by atoms with van der Waals surface area (Å²) in [5.74, 6) is -1.29. The fourth-order valence-corrected chi connectivity index (χ4v) is 17.0. The molecule has 8 aromatic rings. The second-order valence-corrected chi connectivity index (χ2v) is 33.9. The Labute approximate surface area is 682 Å². The van der Waals surface area contributed by atoms with Gasteiger partial charge in [-0.2, -0.15) is 14.8 Å². The molecule has 1 fully saturated rings. The van der Waals surface area contributed by atoms with Crippen molar-refractivity contribution < 1.29 is 59.1 Å². The molecule has 0 spiro atoms. The molecule has 7 aromatic carbocycles. The van der Waals surface area contributed by atoms with Crippen molar-refractivity contribution in [3.63, 3.8) is 0 Å². The van der Waals surface area contributed by atoms with Gasteiger partial charge in [0.05, 0.1) is 26.6 Å². The van der Waals surface area contributed by atoms with Crippen molar-refractivity contribution in [2.24, 2.45) is 16.1 Å². The lowest BCUT2D eigenvalue weighted by molar-refractivity contribution is -0.538. The minimum absolute atomic E-state index is 0.0540. The number of benzene rings is 7. The minimum atomic E-state index is -4.74. The number of unbranched alkanes of at least 4 members (excludes halogenated alkanes) is 2. The lowest BCUT2D eigenvalue weighted by Crippen LogP contribution is -2.54. The Morgan fingerprint density at radius 1 is 0.621 bits per heavy atom. The number of carbonyl (C=O) groups is 5. The highest BCUT2D eigenvalue weighted by atomic mass is 32.2. The van der Waals surface area contributed by atoms with Crippen LogP contribution in [0.4, 0.5) is 34.1 Å². The van der Waals surface area contributed by atoms with E-state index in [2.05, 4.69) is 105 Å². The largest absolute Gasteiger partial charge is 0.744 e. The Kier molecular flexibility index (Phi) is 28.8. The van der Waals surface area contributed by atoms with E-state index >= 15 is 0 Å². The Hall–Kier alpha value is -10.8. The second-order valence-electron chi connectivity index (χ2n) is 31.1. The van der Waals surface area contributed by atoms with Gasteiger partial charge in [0.1, 0.15) is 49.9 Å². The van der Waals surface area contributed by atoms with Gasteiger partial charge in [0.25, 0.3) is 5.91 Å². The summed E-state index contributed by atoms with van der Waals surface area (Å²) < 4.78 is 76.7. The van der Waals surface area contributed by atoms with E-state index in [1.54, 1.807) is 31.2 Å². The van der Waals surface area contributed by atoms with Gasteiger partial charge in [0.2, 0.25) is 46.0 Å². The number of azo groups is 1. The van der Waals surface area contributed by atoms with Crippen LogP contribution in [-0.4, -0.2) is 142 Å². The number of aromatic nitrogens is 2. The van der Waals surface area contributed by atoms with Crippen molar-refractivity contribution in [2.75, 3.05) is 74.1 Å². The summed E-state index contributed by atoms with van der Waals surface area (Å²) in [6.07, 6.45) is 19.0. The number of amides is 5. The molecule has 612 valence electrons. The number of carbonyl (C=O) groups excluding carboxylic acids is 5. The maximum atomic E-state index is 14.1. The third-order valence-electron chi connectivity index (χ3n) is 22.5. The molecule has 1 aliphatic carbocycles. The normalized spacial score (nSPS) is 15.6. The van der Waals surface area contributed by atoms with Crippen LogP contribution >= 0.6 is 0 Å². The number of nitrogens with one attached hydrogen (secondary N) is 5. The van der Waals surface area contributed by atoms with E-state index in [1.165, 1.54) is 24.3 Å². The molecule has 116 heavy (non-hydrogen) atoms. The number of para-hydroxylation sites is 1. The predicted molar refractivity (Wildman–Crippen MR) is 454 cm³/mol. The van der Waals surface area contributed by atoms with Crippen LogP contribution in [0.5, 0.6) is 0 Å². The highest BCUT2D eigenvalue weighted by Crippen LogP contribution is 2.49. The molecule has 5 N–H and O–H groups in total. The molecule has 0 unspecified atom stereocenters. The van der Waals surface area contributed by atoms with E-state index in [0.29, 0.717) is 93.6 Å². The van der Waals surface area contributed by atoms with Crippen LogP contribution in [0.1, 0.15) is 166 Å². The summed E-state index contributed by atoms with van der Waals surface area (Å²) in [7, 11) is -7.40. The highest BCUT2D eigenvalue weighted by Gasteiger charge is 2.45. The number of anilines is 3. The topological polar surface area (TPSA) is 314 Å². The van der Waals surface area contributed by atoms with Gasteiger partial charge >= 0.3 is 0 Å². The fourth-order valence-electron chi connectivity index (χ4n) is 16.0. The van der Waals surface area contributed by atoms with Crippen molar-refractivity contribution >= 4 is 112 Å². The summed E-state index contributed by atoms with van der Waals surface area (Å²) >= 11 is 0. The van der Waals surface area contributed by atoms with Crippen LogP contribution in [0, 0.1) is 5.92 Å². The number of rotatable bonds is 37. The van der Waals surface area contributed by atoms with Crippen molar-refractivity contribution in [1.29, 1.82) is 0 Å². The van der Waals surface area contributed by atoms with Crippen molar-refractivity contribution in [3.05, 3.63) is 210 Å². The number of fused-ring (bicyclic) bond motifs is 4. The lowest BCUT2D eigenvalue weighted by Gasteiger charge is -2.28. The zero-order valence-corrected chi connectivity index (χ0v) is 69.6. The van der Waals surface area contributed by atoms with Gasteiger partial charge in [0.15, 0.2) is 5.71 Å². The molecule has 3 aliphatic rings. The monoisotopic (exact) mass is 1610 g/mol. The van der Waals surface area contributed by atoms with E-state index < -0.39 is 60.9 Å². The van der Waals surface area contributed by atoms with Crippen molar-refractivity contribution in [2.45, 2.75) is 178 Å². The fraction of sp³-hybridized carbons (Fsp3) is 0.400. The van der Waals surface area contributed by atoms with Crippen LogP contribution in [0.15, 0.2) is 208 Å². The first-order chi connectivity index (χ1) is 55.6. The summed E-state index contributed by atoms with van der Waals surface area (Å²) in [4.78, 5) is 78.7. The smallest absolute Gasteiger partial charge is 0.251 e. The summed E-state index contributed by atoms with van der Waals surface area (Å²) in [6, 6.07) is 44.8. The van der Waals surface area contributed by atoms with Crippen LogP contribution in [-0.2, 0) is 56.7 Å². The number of nitrogens with zero attached hydrogens (tertiary/aromatic N) is 8. The first-order valence-corrected chi connectivity index (χ1v) is 43.4. The van der Waals surface area contributed by atoms with Gasteiger partial charge in [0, 0.05) is 141 Å². The van der Waals surface area contributed by atoms with Crippen LogP contribution in [0.25, 0.3) is 27.8 Å². The molecule has 2 aliphatic heterocycles. The molecule has 24 nitrogen and oxygen atoms in total. The molecule has 11 rings (SSSR count). The van der Waals surface area contributed by atoms with E-state index in [0.717, 1.165) is 118 Å². The molecule has 1 saturated carbocycles. The Balaban J connectivity index is 0.597. The number of hydrogen-bond acceptors (Lipinski definition) is 17. The van der Waals surface area contributed by atoms with Gasteiger partial charge < -0.3 is 50.4 Å². The van der Waals surface area contributed by atoms with Crippen LogP contribution < -0.4 is 45.9 Å². The van der Waals surface area contributed by atoms with Crippen LogP contribution in [0.3, 0.4) is 0 Å².